The lowest BCUT2D eigenvalue weighted by Crippen LogP contribution is -2.06. The summed E-state index contributed by atoms with van der Waals surface area (Å²) < 4.78 is 5.69. The zero-order valence-electron chi connectivity index (χ0n) is 13.7. The number of nitrogens with two attached hydrogens (primary N) is 1. The van der Waals surface area contributed by atoms with E-state index in [1.807, 2.05) is 49.4 Å². The average molecular weight is 339 g/mol. The van der Waals surface area contributed by atoms with Crippen LogP contribution in [-0.2, 0) is 5.75 Å². The number of thioether (sulfide) groups is 1. The smallest absolute Gasteiger partial charge is 0.180 e. The number of rotatable bonds is 7. The lowest BCUT2D eigenvalue weighted by atomic mass is 10.2. The topological polar surface area (TPSA) is 60.0 Å². The monoisotopic (exact) mass is 339 g/mol. The van der Waals surface area contributed by atoms with E-state index in [0.717, 1.165) is 22.6 Å². The summed E-state index contributed by atoms with van der Waals surface area (Å²) in [6.45, 7) is 6.23. The maximum absolute atomic E-state index is 5.88. The Balaban J connectivity index is 1.93. The Morgan fingerprint density at radius 2 is 1.88 bits per heavy atom. The van der Waals surface area contributed by atoms with Crippen LogP contribution in [0.25, 0.3) is 0 Å². The summed E-state index contributed by atoms with van der Waals surface area (Å²) in [4.78, 5) is 0. The zero-order chi connectivity index (χ0) is 17.2. The molecule has 0 saturated carbocycles. The predicted octanol–water partition coefficient (Wildman–Crippen LogP) is 4.22. The van der Waals surface area contributed by atoms with E-state index >= 15 is 0 Å². The van der Waals surface area contributed by atoms with Gasteiger partial charge in [0.1, 0.15) is 12.4 Å². The lowest BCUT2D eigenvalue weighted by molar-refractivity contribution is 0.352. The van der Waals surface area contributed by atoms with Crippen LogP contribution in [0.5, 0.6) is 5.75 Å². The number of para-hydroxylation sites is 1. The molecule has 0 aliphatic rings. The van der Waals surface area contributed by atoms with Crippen molar-refractivity contribution in [2.75, 3.05) is 6.61 Å². The molecule has 2 rings (SSSR count). The van der Waals surface area contributed by atoms with Crippen LogP contribution >= 0.6 is 11.8 Å². The van der Waals surface area contributed by atoms with Crippen molar-refractivity contribution in [1.82, 2.24) is 0 Å². The van der Waals surface area contributed by atoms with Crippen molar-refractivity contribution in [2.45, 2.75) is 12.7 Å². The minimum atomic E-state index is 0.426. The van der Waals surface area contributed by atoms with Crippen LogP contribution in [0.3, 0.4) is 0 Å². The molecule has 0 heterocycles. The van der Waals surface area contributed by atoms with Gasteiger partial charge in [0.25, 0.3) is 0 Å². The minimum absolute atomic E-state index is 0.426. The normalized spacial score (nSPS) is 11.6. The van der Waals surface area contributed by atoms with Crippen molar-refractivity contribution >= 4 is 23.1 Å². The highest BCUT2D eigenvalue weighted by atomic mass is 32.2. The van der Waals surface area contributed by atoms with E-state index in [0.29, 0.717) is 11.8 Å². The summed E-state index contributed by atoms with van der Waals surface area (Å²) in [6.07, 6.45) is 1.64. The highest BCUT2D eigenvalue weighted by Crippen LogP contribution is 2.17. The summed E-state index contributed by atoms with van der Waals surface area (Å²) in [5, 5.41) is 8.51. The highest BCUT2D eigenvalue weighted by molar-refractivity contribution is 8.13. The number of amidine groups is 1. The molecule has 0 aliphatic carbocycles. The predicted molar refractivity (Wildman–Crippen MR) is 104 cm³/mol. The minimum Gasteiger partial charge on any atom is -0.489 e. The van der Waals surface area contributed by atoms with Crippen LogP contribution in [0.2, 0.25) is 0 Å². The first-order chi connectivity index (χ1) is 11.6. The van der Waals surface area contributed by atoms with Crippen LogP contribution in [0.4, 0.5) is 0 Å². The van der Waals surface area contributed by atoms with Gasteiger partial charge in [-0.2, -0.15) is 5.10 Å². The molecule has 0 saturated heterocycles. The molecule has 0 amide bonds. The fourth-order valence-corrected chi connectivity index (χ4v) is 2.44. The number of nitrogens with zero attached hydrogens (tertiary/aromatic N) is 2. The molecule has 5 heteroatoms. The molecule has 0 aliphatic heterocycles. The number of hydrogen-bond acceptors (Lipinski definition) is 4. The van der Waals surface area contributed by atoms with Crippen LogP contribution in [-0.4, -0.2) is 18.0 Å². The third-order valence-electron chi connectivity index (χ3n) is 2.98. The first kappa shape index (κ1) is 17.8. The summed E-state index contributed by atoms with van der Waals surface area (Å²) >= 11 is 1.45. The Bertz CT molecular complexity index is 726. The molecule has 0 bridgehead atoms. The fraction of sp³-hybridized carbons (Fsp3) is 0.158. The van der Waals surface area contributed by atoms with Crippen molar-refractivity contribution in [3.05, 3.63) is 77.9 Å². The molecule has 24 heavy (non-hydrogen) atoms. The molecule has 4 nitrogen and oxygen atoms in total. The van der Waals surface area contributed by atoms with Gasteiger partial charge in [0, 0.05) is 11.3 Å². The van der Waals surface area contributed by atoms with Crippen LogP contribution in [0.1, 0.15) is 18.1 Å². The standard InChI is InChI=1S/C19H21N3OS/c1-15(2)13-23-18-11-7-6-10-17(18)12-21-22-19(20)24-14-16-8-4-3-5-9-16/h3-12H,1,13-14H2,2H3,(H2,20,22). The summed E-state index contributed by atoms with van der Waals surface area (Å²) in [5.74, 6) is 1.51. The van der Waals surface area contributed by atoms with Crippen molar-refractivity contribution in [3.63, 3.8) is 0 Å². The van der Waals surface area contributed by atoms with Crippen molar-refractivity contribution < 1.29 is 4.74 Å². The van der Waals surface area contributed by atoms with E-state index in [1.54, 1.807) is 6.21 Å². The Morgan fingerprint density at radius 1 is 1.17 bits per heavy atom. The molecule has 0 aromatic heterocycles. The SMILES string of the molecule is C=C(C)COc1ccccc1C=NN=C(N)SCc1ccccc1. The number of benzene rings is 2. The molecule has 0 radical (unpaired) electrons. The molecule has 2 aromatic carbocycles. The van der Waals surface area contributed by atoms with Gasteiger partial charge in [-0.15, -0.1) is 5.10 Å². The van der Waals surface area contributed by atoms with Gasteiger partial charge in [-0.3, -0.25) is 0 Å². The fourth-order valence-electron chi connectivity index (χ4n) is 1.83. The Labute approximate surface area is 147 Å². The van der Waals surface area contributed by atoms with Crippen molar-refractivity contribution in [1.29, 1.82) is 0 Å². The van der Waals surface area contributed by atoms with Gasteiger partial charge >= 0.3 is 0 Å². The molecule has 2 aromatic rings. The highest BCUT2D eigenvalue weighted by Gasteiger charge is 2.00. The van der Waals surface area contributed by atoms with E-state index in [9.17, 15) is 0 Å². The van der Waals surface area contributed by atoms with Gasteiger partial charge in [-0.25, -0.2) is 0 Å². The van der Waals surface area contributed by atoms with Gasteiger partial charge in [-0.1, -0.05) is 60.8 Å². The maximum atomic E-state index is 5.88. The second-order valence-electron chi connectivity index (χ2n) is 5.24. The molecular weight excluding hydrogens is 318 g/mol. The van der Waals surface area contributed by atoms with Crippen LogP contribution in [0.15, 0.2) is 77.0 Å². The molecule has 0 fully saturated rings. The maximum Gasteiger partial charge on any atom is 0.180 e. The summed E-state index contributed by atoms with van der Waals surface area (Å²) in [5.41, 5.74) is 8.89. The van der Waals surface area contributed by atoms with E-state index in [1.165, 1.54) is 17.3 Å². The Kier molecular flexibility index (Phi) is 7.11. The van der Waals surface area contributed by atoms with Gasteiger partial charge in [0.2, 0.25) is 0 Å². The number of hydrogen-bond donors (Lipinski definition) is 1. The van der Waals surface area contributed by atoms with Gasteiger partial charge < -0.3 is 10.5 Å². The van der Waals surface area contributed by atoms with Crippen LogP contribution in [0, 0.1) is 0 Å². The third-order valence-corrected chi connectivity index (χ3v) is 3.83. The van der Waals surface area contributed by atoms with Gasteiger partial charge in [0.15, 0.2) is 5.17 Å². The average Bonchev–Trinajstić information content (AvgIpc) is 2.60. The Hall–Kier alpha value is -2.53. The molecule has 0 spiro atoms. The van der Waals surface area contributed by atoms with Crippen molar-refractivity contribution in [2.24, 2.45) is 15.9 Å². The van der Waals surface area contributed by atoms with Crippen molar-refractivity contribution in [3.8, 4) is 5.75 Å². The van der Waals surface area contributed by atoms with E-state index in [2.05, 4.69) is 28.9 Å². The molecule has 0 unspecified atom stereocenters. The first-order valence-corrected chi connectivity index (χ1v) is 8.53. The summed E-state index contributed by atoms with van der Waals surface area (Å²) in [7, 11) is 0. The first-order valence-electron chi connectivity index (χ1n) is 7.54. The Morgan fingerprint density at radius 3 is 2.62 bits per heavy atom. The second-order valence-corrected chi connectivity index (χ2v) is 6.24. The number of ether oxygens (including phenoxy) is 1. The summed E-state index contributed by atoms with van der Waals surface area (Å²) in [6, 6.07) is 17.7. The third kappa shape index (κ3) is 6.30. The van der Waals surface area contributed by atoms with Crippen LogP contribution < -0.4 is 10.5 Å². The largest absolute Gasteiger partial charge is 0.489 e. The van der Waals surface area contributed by atoms with E-state index in [-0.39, 0.29) is 0 Å². The molecule has 0 atom stereocenters. The quantitative estimate of drug-likeness (QED) is 0.355. The molecular formula is C19H21N3OS. The molecule has 2 N–H and O–H groups in total. The van der Waals surface area contributed by atoms with E-state index < -0.39 is 0 Å². The zero-order valence-corrected chi connectivity index (χ0v) is 14.5. The van der Waals surface area contributed by atoms with E-state index in [4.69, 9.17) is 10.5 Å². The van der Waals surface area contributed by atoms with Gasteiger partial charge in [0.05, 0.1) is 6.21 Å². The lowest BCUT2D eigenvalue weighted by Gasteiger charge is -2.07. The van der Waals surface area contributed by atoms with Gasteiger partial charge in [-0.05, 0) is 30.2 Å². The second kappa shape index (κ2) is 9.57. The molecule has 124 valence electrons.